The van der Waals surface area contributed by atoms with Gasteiger partial charge in [0.25, 0.3) is 0 Å². The number of hydrogen-bond acceptors (Lipinski definition) is 4. The van der Waals surface area contributed by atoms with Crippen molar-refractivity contribution in [3.63, 3.8) is 0 Å². The number of benzene rings is 1. The molecule has 3 aliphatic heterocycles. The third-order valence-corrected chi connectivity index (χ3v) is 6.73. The first-order valence-electron chi connectivity index (χ1n) is 9.70. The maximum atomic E-state index is 12.0. The molecule has 0 unspecified atom stereocenters. The van der Waals surface area contributed by atoms with Crippen molar-refractivity contribution in [3.8, 4) is 0 Å². The smallest absolute Gasteiger partial charge is 0.223 e. The number of fused-ring (bicyclic) bond motifs is 2. The van der Waals surface area contributed by atoms with Gasteiger partial charge in [0.2, 0.25) is 5.91 Å². The molecule has 3 heterocycles. The molecule has 0 bridgehead atoms. The van der Waals surface area contributed by atoms with Gasteiger partial charge in [0.1, 0.15) is 0 Å². The topological polar surface area (TPSA) is 52.8 Å². The summed E-state index contributed by atoms with van der Waals surface area (Å²) in [5, 5.41) is 1.95. The van der Waals surface area contributed by atoms with Gasteiger partial charge in [-0.15, -0.1) is 0 Å². The van der Waals surface area contributed by atoms with E-state index in [9.17, 15) is 4.79 Å². The number of hydrazine groups is 1. The van der Waals surface area contributed by atoms with Crippen LogP contribution in [0.5, 0.6) is 0 Å². The van der Waals surface area contributed by atoms with Gasteiger partial charge >= 0.3 is 0 Å². The van der Waals surface area contributed by atoms with Crippen LogP contribution >= 0.6 is 0 Å². The van der Waals surface area contributed by atoms with Crippen LogP contribution in [0.15, 0.2) is 24.3 Å². The van der Waals surface area contributed by atoms with Gasteiger partial charge in [-0.2, -0.15) is 0 Å². The fraction of sp³-hybridized carbons (Fsp3) is 0.650. The van der Waals surface area contributed by atoms with Crippen LogP contribution in [0, 0.1) is 0 Å². The zero-order valence-corrected chi connectivity index (χ0v) is 15.3. The summed E-state index contributed by atoms with van der Waals surface area (Å²) in [6, 6.07) is 9.27. The van der Waals surface area contributed by atoms with E-state index >= 15 is 0 Å². The van der Waals surface area contributed by atoms with Crippen molar-refractivity contribution in [2.24, 2.45) is 5.84 Å². The van der Waals surface area contributed by atoms with Crippen LogP contribution in [0.25, 0.3) is 0 Å². The van der Waals surface area contributed by atoms with Crippen LogP contribution in [0.1, 0.15) is 44.6 Å². The van der Waals surface area contributed by atoms with Crippen molar-refractivity contribution >= 4 is 11.6 Å². The normalized spacial score (nSPS) is 25.1. The minimum absolute atomic E-state index is 0.160. The molecule has 25 heavy (non-hydrogen) atoms. The fourth-order valence-corrected chi connectivity index (χ4v) is 5.15. The first kappa shape index (κ1) is 17.0. The molecule has 136 valence electrons. The summed E-state index contributed by atoms with van der Waals surface area (Å²) in [6.45, 7) is 6.91. The monoisotopic (exact) mass is 342 g/mol. The zero-order valence-electron chi connectivity index (χ0n) is 15.3. The van der Waals surface area contributed by atoms with Crippen LogP contribution in [0.3, 0.4) is 0 Å². The number of hydrogen-bond donors (Lipinski definition) is 1. The highest BCUT2D eigenvalue weighted by atomic mass is 16.2. The number of piperidine rings is 2. The van der Waals surface area contributed by atoms with E-state index < -0.39 is 0 Å². The molecule has 3 aliphatic rings. The molecule has 2 N–H and O–H groups in total. The van der Waals surface area contributed by atoms with E-state index in [4.69, 9.17) is 5.84 Å². The van der Waals surface area contributed by atoms with Crippen molar-refractivity contribution in [2.45, 2.75) is 50.5 Å². The molecule has 1 aromatic carbocycles. The van der Waals surface area contributed by atoms with Gasteiger partial charge in [0.15, 0.2) is 0 Å². The Kier molecular flexibility index (Phi) is 4.56. The highest BCUT2D eigenvalue weighted by molar-refractivity contribution is 5.93. The molecular weight excluding hydrogens is 312 g/mol. The molecule has 2 fully saturated rings. The van der Waals surface area contributed by atoms with Gasteiger partial charge in [-0.1, -0.05) is 18.2 Å². The Hall–Kier alpha value is -1.43. The standard InChI is InChI=1S/C20H30N4O/c1-16(25)24-15-10-20(18-4-2-3-5-19(18)24)8-13-22(14-9-20)17-6-11-23(21)12-7-17/h2-5,17H,6-15,21H2,1H3. The number of nitrogens with zero attached hydrogens (tertiary/aromatic N) is 3. The average Bonchev–Trinajstić information content (AvgIpc) is 2.63. The van der Waals surface area contributed by atoms with Gasteiger partial charge < -0.3 is 9.80 Å². The van der Waals surface area contributed by atoms with E-state index in [1.807, 2.05) is 9.91 Å². The number of para-hydroxylation sites is 1. The molecule has 5 heteroatoms. The van der Waals surface area contributed by atoms with E-state index in [0.717, 1.165) is 31.7 Å². The second kappa shape index (κ2) is 6.71. The zero-order chi connectivity index (χ0) is 17.4. The molecule has 0 radical (unpaired) electrons. The van der Waals surface area contributed by atoms with Crippen LogP contribution < -0.4 is 10.7 Å². The molecule has 5 nitrogen and oxygen atoms in total. The van der Waals surface area contributed by atoms with Crippen molar-refractivity contribution in [1.82, 2.24) is 9.91 Å². The second-order valence-electron chi connectivity index (χ2n) is 8.02. The van der Waals surface area contributed by atoms with Crippen molar-refractivity contribution in [2.75, 3.05) is 37.6 Å². The lowest BCUT2D eigenvalue weighted by Crippen LogP contribution is -2.53. The first-order chi connectivity index (χ1) is 12.1. The van der Waals surface area contributed by atoms with Crippen LogP contribution in [0.2, 0.25) is 0 Å². The van der Waals surface area contributed by atoms with Crippen LogP contribution in [0.4, 0.5) is 5.69 Å². The maximum Gasteiger partial charge on any atom is 0.223 e. The van der Waals surface area contributed by atoms with Crippen molar-refractivity contribution < 1.29 is 4.79 Å². The average molecular weight is 342 g/mol. The summed E-state index contributed by atoms with van der Waals surface area (Å²) in [6.07, 6.45) is 5.90. The third-order valence-electron chi connectivity index (χ3n) is 6.73. The lowest BCUT2D eigenvalue weighted by atomic mass is 9.67. The number of nitrogens with two attached hydrogens (primary N) is 1. The van der Waals surface area contributed by atoms with Gasteiger partial charge in [-0.3, -0.25) is 10.6 Å². The molecular formula is C20H30N4O. The van der Waals surface area contributed by atoms with Gasteiger partial charge in [0, 0.05) is 43.7 Å². The minimum atomic E-state index is 0.160. The van der Waals surface area contributed by atoms with E-state index in [-0.39, 0.29) is 11.3 Å². The summed E-state index contributed by atoms with van der Waals surface area (Å²) in [4.78, 5) is 16.7. The highest BCUT2D eigenvalue weighted by Gasteiger charge is 2.43. The molecule has 0 atom stereocenters. The van der Waals surface area contributed by atoms with E-state index in [2.05, 4.69) is 29.2 Å². The van der Waals surface area contributed by atoms with E-state index in [1.54, 1.807) is 6.92 Å². The fourth-order valence-electron chi connectivity index (χ4n) is 5.15. The van der Waals surface area contributed by atoms with E-state index in [0.29, 0.717) is 6.04 Å². The lowest BCUT2D eigenvalue weighted by molar-refractivity contribution is -0.116. The van der Waals surface area contributed by atoms with Crippen molar-refractivity contribution in [3.05, 3.63) is 29.8 Å². The number of amides is 1. The number of anilines is 1. The molecule has 1 spiro atoms. The van der Waals surface area contributed by atoms with Crippen LogP contribution in [-0.2, 0) is 10.2 Å². The molecule has 4 rings (SSSR count). The number of likely N-dealkylation sites (tertiary alicyclic amines) is 1. The van der Waals surface area contributed by atoms with Gasteiger partial charge in [-0.25, -0.2) is 5.01 Å². The van der Waals surface area contributed by atoms with Gasteiger partial charge in [-0.05, 0) is 56.8 Å². The second-order valence-corrected chi connectivity index (χ2v) is 8.02. The Bertz CT molecular complexity index is 630. The Balaban J connectivity index is 1.50. The predicted molar refractivity (Wildman–Crippen MR) is 100 cm³/mol. The quantitative estimate of drug-likeness (QED) is 0.794. The summed E-state index contributed by atoms with van der Waals surface area (Å²) < 4.78 is 0. The Morgan fingerprint density at radius 1 is 1.04 bits per heavy atom. The molecule has 0 saturated carbocycles. The minimum Gasteiger partial charge on any atom is -0.312 e. The third kappa shape index (κ3) is 3.09. The Morgan fingerprint density at radius 2 is 1.68 bits per heavy atom. The van der Waals surface area contributed by atoms with E-state index in [1.165, 1.54) is 44.3 Å². The molecule has 1 amide bonds. The predicted octanol–water partition coefficient (Wildman–Crippen LogP) is 2.11. The van der Waals surface area contributed by atoms with Gasteiger partial charge in [0.05, 0.1) is 0 Å². The summed E-state index contributed by atoms with van der Waals surface area (Å²) >= 11 is 0. The molecule has 0 aliphatic carbocycles. The number of rotatable bonds is 1. The highest BCUT2D eigenvalue weighted by Crippen LogP contribution is 2.46. The van der Waals surface area contributed by atoms with Crippen LogP contribution in [-0.4, -0.2) is 54.6 Å². The maximum absolute atomic E-state index is 12.0. The molecule has 1 aromatic rings. The largest absolute Gasteiger partial charge is 0.312 e. The summed E-state index contributed by atoms with van der Waals surface area (Å²) in [5.74, 6) is 6.07. The van der Waals surface area contributed by atoms with Crippen molar-refractivity contribution in [1.29, 1.82) is 0 Å². The Labute approximate surface area is 150 Å². The molecule has 0 aromatic heterocycles. The number of carbonyl (C=O) groups is 1. The number of carbonyl (C=O) groups excluding carboxylic acids is 1. The summed E-state index contributed by atoms with van der Waals surface area (Å²) in [7, 11) is 0. The summed E-state index contributed by atoms with van der Waals surface area (Å²) in [5.41, 5.74) is 2.80. The lowest BCUT2D eigenvalue weighted by Gasteiger charge is -2.50. The first-order valence-corrected chi connectivity index (χ1v) is 9.70. The Morgan fingerprint density at radius 3 is 2.36 bits per heavy atom. The SMILES string of the molecule is CC(=O)N1CCC2(CCN(C3CCN(N)CC3)CC2)c2ccccc21. The molecule has 2 saturated heterocycles.